The van der Waals surface area contributed by atoms with Crippen LogP contribution in [0, 0.1) is 0 Å². The Morgan fingerprint density at radius 1 is 0.750 bits per heavy atom. The van der Waals surface area contributed by atoms with Crippen LogP contribution in [0.15, 0.2) is 0 Å². The molecule has 0 aromatic heterocycles. The van der Waals surface area contributed by atoms with Crippen molar-refractivity contribution in [2.75, 3.05) is 0 Å². The Hall–Kier alpha value is -0.320. The van der Waals surface area contributed by atoms with Crippen LogP contribution in [0.25, 0.3) is 0 Å². The third kappa shape index (κ3) is 2.15. The van der Waals surface area contributed by atoms with E-state index in [1.807, 2.05) is 13.8 Å². The predicted octanol–water partition coefficient (Wildman–Crippen LogP) is 0.607. The second-order valence-electron chi connectivity index (χ2n) is 8.11. The van der Waals surface area contributed by atoms with Crippen molar-refractivity contribution in [2.45, 2.75) is 101 Å². The Balaban J connectivity index is 1.37. The minimum absolute atomic E-state index is 0.128. The van der Waals surface area contributed by atoms with E-state index in [4.69, 9.17) is 33.2 Å². The van der Waals surface area contributed by atoms with Crippen molar-refractivity contribution in [3.8, 4) is 0 Å². The first kappa shape index (κ1) is 15.9. The van der Waals surface area contributed by atoms with Gasteiger partial charge >= 0.3 is 0 Å². The minimum Gasteiger partial charge on any atom is -0.385 e. The largest absolute Gasteiger partial charge is 0.385 e. The van der Waals surface area contributed by atoms with Crippen LogP contribution >= 0.6 is 0 Å². The van der Waals surface area contributed by atoms with Crippen LogP contribution in [-0.2, 0) is 33.2 Å². The van der Waals surface area contributed by atoms with Crippen LogP contribution in [-0.4, -0.2) is 65.6 Å². The average Bonchev–Trinajstić information content (AvgIpc) is 3.10. The van der Waals surface area contributed by atoms with Crippen LogP contribution < -0.4 is 0 Å². The van der Waals surface area contributed by atoms with Crippen molar-refractivity contribution in [1.82, 2.24) is 0 Å². The highest BCUT2D eigenvalue weighted by Crippen LogP contribution is 2.51. The standard InChI is InChI=1S/C16H24O8/c1-14(2)19-9-8-7(18-12(9)22-14)5-6-16(21-8)11(17)10-13(24-16)23-15(3,4)20-10/h7-13,17H,5-6H2,1-4H3/t7-,8+,9+,10+,11-,12+,13-,16-/m0/s1. The maximum atomic E-state index is 10.8. The van der Waals surface area contributed by atoms with Crippen molar-refractivity contribution >= 4 is 0 Å². The van der Waals surface area contributed by atoms with Gasteiger partial charge in [0.15, 0.2) is 24.2 Å². The fourth-order valence-electron chi connectivity index (χ4n) is 4.44. The third-order valence-corrected chi connectivity index (χ3v) is 5.37. The van der Waals surface area contributed by atoms with Gasteiger partial charge in [-0.05, 0) is 34.1 Å². The lowest BCUT2D eigenvalue weighted by Crippen LogP contribution is -2.56. The molecule has 0 radical (unpaired) electrons. The highest BCUT2D eigenvalue weighted by atomic mass is 16.9. The molecule has 8 heteroatoms. The quantitative estimate of drug-likeness (QED) is 0.684. The van der Waals surface area contributed by atoms with Gasteiger partial charge in [0.1, 0.15) is 24.4 Å². The summed E-state index contributed by atoms with van der Waals surface area (Å²) < 4.78 is 41.3. The molecule has 8 nitrogen and oxygen atoms in total. The predicted molar refractivity (Wildman–Crippen MR) is 76.5 cm³/mol. The Morgan fingerprint density at radius 2 is 1.42 bits per heavy atom. The van der Waals surface area contributed by atoms with Gasteiger partial charge in [0.05, 0.1) is 6.10 Å². The third-order valence-electron chi connectivity index (χ3n) is 5.37. The van der Waals surface area contributed by atoms with Crippen LogP contribution in [0.2, 0.25) is 0 Å². The fourth-order valence-corrected chi connectivity index (χ4v) is 4.44. The maximum absolute atomic E-state index is 10.8. The van der Waals surface area contributed by atoms with Crippen molar-refractivity contribution in [1.29, 1.82) is 0 Å². The summed E-state index contributed by atoms with van der Waals surface area (Å²) >= 11 is 0. The Kier molecular flexibility index (Phi) is 3.11. The first-order valence-corrected chi connectivity index (χ1v) is 8.59. The van der Waals surface area contributed by atoms with E-state index in [2.05, 4.69) is 0 Å². The number of fused-ring (bicyclic) bond motifs is 4. The fraction of sp³-hybridized carbons (Fsp3) is 1.00. The van der Waals surface area contributed by atoms with Crippen LogP contribution in [0.3, 0.4) is 0 Å². The van der Waals surface area contributed by atoms with Crippen LogP contribution in [0.4, 0.5) is 0 Å². The molecule has 1 spiro atoms. The molecule has 0 aromatic rings. The number of rotatable bonds is 0. The van der Waals surface area contributed by atoms with Gasteiger partial charge in [0.25, 0.3) is 0 Å². The molecule has 5 heterocycles. The Morgan fingerprint density at radius 3 is 2.12 bits per heavy atom. The van der Waals surface area contributed by atoms with Crippen molar-refractivity contribution in [3.05, 3.63) is 0 Å². The molecule has 1 N–H and O–H groups in total. The maximum Gasteiger partial charge on any atom is 0.200 e. The first-order valence-electron chi connectivity index (χ1n) is 8.59. The number of hydrogen-bond donors (Lipinski definition) is 1. The molecule has 0 amide bonds. The molecule has 0 unspecified atom stereocenters. The van der Waals surface area contributed by atoms with Crippen molar-refractivity contribution in [2.24, 2.45) is 0 Å². The van der Waals surface area contributed by atoms with Gasteiger partial charge < -0.3 is 38.3 Å². The molecule has 5 aliphatic rings. The molecule has 0 aliphatic carbocycles. The lowest BCUT2D eigenvalue weighted by atomic mass is 9.93. The van der Waals surface area contributed by atoms with Gasteiger partial charge in [0.2, 0.25) is 5.79 Å². The molecule has 5 fully saturated rings. The number of aliphatic hydroxyl groups excluding tert-OH is 1. The number of hydrogen-bond acceptors (Lipinski definition) is 8. The highest BCUT2D eigenvalue weighted by molar-refractivity contribution is 5.05. The van der Waals surface area contributed by atoms with Crippen molar-refractivity contribution in [3.63, 3.8) is 0 Å². The molecular weight excluding hydrogens is 320 g/mol. The van der Waals surface area contributed by atoms with Gasteiger partial charge in [-0.3, -0.25) is 0 Å². The zero-order chi connectivity index (χ0) is 16.9. The number of ether oxygens (including phenoxy) is 7. The van der Waals surface area contributed by atoms with E-state index in [1.165, 1.54) is 0 Å². The van der Waals surface area contributed by atoms with Gasteiger partial charge in [-0.2, -0.15) is 0 Å². The summed E-state index contributed by atoms with van der Waals surface area (Å²) in [6.07, 6.45) is -2.22. The molecule has 5 saturated heterocycles. The average molecular weight is 344 g/mol. The Bertz CT molecular complexity index is 550. The second kappa shape index (κ2) is 4.69. The molecule has 5 aliphatic heterocycles. The van der Waals surface area contributed by atoms with E-state index in [-0.39, 0.29) is 18.3 Å². The highest BCUT2D eigenvalue weighted by Gasteiger charge is 2.67. The monoisotopic (exact) mass is 344 g/mol. The zero-order valence-electron chi connectivity index (χ0n) is 14.3. The smallest absolute Gasteiger partial charge is 0.200 e. The summed E-state index contributed by atoms with van der Waals surface area (Å²) in [6.45, 7) is 7.29. The van der Waals surface area contributed by atoms with E-state index in [0.717, 1.165) is 0 Å². The molecule has 5 rings (SSSR count). The summed E-state index contributed by atoms with van der Waals surface area (Å²) in [7, 11) is 0. The topological polar surface area (TPSA) is 84.8 Å². The van der Waals surface area contributed by atoms with Gasteiger partial charge in [0, 0.05) is 6.42 Å². The molecule has 0 bridgehead atoms. The molecule has 0 aromatic carbocycles. The van der Waals surface area contributed by atoms with Crippen LogP contribution in [0.1, 0.15) is 40.5 Å². The summed E-state index contributed by atoms with van der Waals surface area (Å²) in [6, 6.07) is 0. The van der Waals surface area contributed by atoms with Crippen molar-refractivity contribution < 1.29 is 38.3 Å². The van der Waals surface area contributed by atoms with Crippen LogP contribution in [0.5, 0.6) is 0 Å². The zero-order valence-corrected chi connectivity index (χ0v) is 14.3. The molecule has 8 atom stereocenters. The summed E-state index contributed by atoms with van der Waals surface area (Å²) in [5.41, 5.74) is 0. The molecule has 24 heavy (non-hydrogen) atoms. The number of aliphatic hydroxyl groups is 1. The first-order chi connectivity index (χ1) is 11.2. The summed E-state index contributed by atoms with van der Waals surface area (Å²) in [4.78, 5) is 0. The van der Waals surface area contributed by atoms with E-state index in [0.29, 0.717) is 12.8 Å². The lowest BCUT2D eigenvalue weighted by molar-refractivity contribution is -0.356. The summed E-state index contributed by atoms with van der Waals surface area (Å²) in [5, 5.41) is 10.8. The van der Waals surface area contributed by atoms with Gasteiger partial charge in [-0.15, -0.1) is 0 Å². The normalized spacial score (nSPS) is 57.1. The molecular formula is C16H24O8. The minimum atomic E-state index is -1.15. The van der Waals surface area contributed by atoms with Gasteiger partial charge in [-0.25, -0.2) is 0 Å². The van der Waals surface area contributed by atoms with E-state index < -0.39 is 42.1 Å². The molecule has 136 valence electrons. The summed E-state index contributed by atoms with van der Waals surface area (Å²) in [5.74, 6) is -2.64. The lowest BCUT2D eigenvalue weighted by Gasteiger charge is -2.42. The Labute approximate surface area is 140 Å². The second-order valence-corrected chi connectivity index (χ2v) is 8.11. The van der Waals surface area contributed by atoms with Gasteiger partial charge in [-0.1, -0.05) is 0 Å². The SMILES string of the molecule is CC1(C)O[C@H]2O[C@H]3CC[C@@]4(O[C@@H]5OC(C)(C)O[C@@H]5[C@@H]4O)O[C@H]3[C@H]2O1. The van der Waals surface area contributed by atoms with E-state index >= 15 is 0 Å². The van der Waals surface area contributed by atoms with E-state index in [1.54, 1.807) is 13.8 Å². The molecule has 0 saturated carbocycles. The van der Waals surface area contributed by atoms with E-state index in [9.17, 15) is 5.11 Å².